The Balaban J connectivity index is 1.75. The van der Waals surface area contributed by atoms with Gasteiger partial charge in [0.25, 0.3) is 0 Å². The Kier molecular flexibility index (Phi) is 2.51. The van der Waals surface area contributed by atoms with E-state index >= 15 is 0 Å². The predicted molar refractivity (Wildman–Crippen MR) is 79.9 cm³/mol. The minimum absolute atomic E-state index is 0.108. The normalized spacial score (nSPS) is 37.6. The van der Waals surface area contributed by atoms with Crippen LogP contribution in [0.15, 0.2) is 36.4 Å². The number of aromatic carboxylic acids is 1. The fourth-order valence-corrected chi connectivity index (χ4v) is 4.04. The molecule has 2 bridgehead atoms. The van der Waals surface area contributed by atoms with E-state index in [9.17, 15) is 14.4 Å². The lowest BCUT2D eigenvalue weighted by Crippen LogP contribution is -2.39. The second-order valence-corrected chi connectivity index (χ2v) is 6.62. The molecule has 2 amide bonds. The molecule has 0 radical (unpaired) electrons. The van der Waals surface area contributed by atoms with Crippen molar-refractivity contribution in [1.29, 1.82) is 0 Å². The molecule has 0 spiro atoms. The summed E-state index contributed by atoms with van der Waals surface area (Å²) in [6, 6.07) is 5.75. The molecule has 4 rings (SSSR count). The van der Waals surface area contributed by atoms with Gasteiger partial charge in [-0.3, -0.25) is 9.59 Å². The molecule has 2 saturated heterocycles. The van der Waals surface area contributed by atoms with Crippen LogP contribution in [0.2, 0.25) is 0 Å². The van der Waals surface area contributed by atoms with Gasteiger partial charge in [-0.15, -0.1) is 0 Å². The number of nitrogens with zero attached hydrogens (tertiary/aromatic N) is 1. The standard InChI is InChI=1S/C17H15NO5/c1-16-7-8-17(2,23-16)12-11(16)13(19)18(14(12)20)10-5-3-9(4-6-10)15(21)22/h3-8,11-12H,1-2H3,(H,21,22). The van der Waals surface area contributed by atoms with Gasteiger partial charge < -0.3 is 9.84 Å². The number of hydrogen-bond acceptors (Lipinski definition) is 4. The number of ether oxygens (including phenoxy) is 1. The Bertz CT molecular complexity index is 747. The fraction of sp³-hybridized carbons (Fsp3) is 0.353. The Morgan fingerprint density at radius 3 is 1.96 bits per heavy atom. The maximum atomic E-state index is 12.8. The number of imide groups is 1. The van der Waals surface area contributed by atoms with Gasteiger partial charge in [0.1, 0.15) is 0 Å². The molecule has 6 heteroatoms. The van der Waals surface area contributed by atoms with Gasteiger partial charge in [0.05, 0.1) is 34.3 Å². The topological polar surface area (TPSA) is 83.9 Å². The number of amides is 2. The van der Waals surface area contributed by atoms with E-state index in [1.165, 1.54) is 24.3 Å². The van der Waals surface area contributed by atoms with Gasteiger partial charge in [0.2, 0.25) is 11.8 Å². The lowest BCUT2D eigenvalue weighted by atomic mass is 9.73. The van der Waals surface area contributed by atoms with Gasteiger partial charge >= 0.3 is 5.97 Å². The molecular weight excluding hydrogens is 298 g/mol. The number of anilines is 1. The smallest absolute Gasteiger partial charge is 0.335 e. The lowest BCUT2D eigenvalue weighted by Gasteiger charge is -2.25. The summed E-state index contributed by atoms with van der Waals surface area (Å²) in [7, 11) is 0. The number of rotatable bonds is 2. The zero-order chi connectivity index (χ0) is 16.6. The van der Waals surface area contributed by atoms with Crippen molar-refractivity contribution >= 4 is 23.5 Å². The second-order valence-electron chi connectivity index (χ2n) is 6.62. The molecule has 4 atom stereocenters. The second kappa shape index (κ2) is 4.08. The molecule has 2 fully saturated rings. The summed E-state index contributed by atoms with van der Waals surface area (Å²) in [5.41, 5.74) is -1.02. The summed E-state index contributed by atoms with van der Waals surface area (Å²) < 4.78 is 5.93. The summed E-state index contributed by atoms with van der Waals surface area (Å²) in [5, 5.41) is 8.95. The summed E-state index contributed by atoms with van der Waals surface area (Å²) in [6.07, 6.45) is 3.72. The highest BCUT2D eigenvalue weighted by molar-refractivity contribution is 6.23. The van der Waals surface area contributed by atoms with Crippen molar-refractivity contribution < 1.29 is 24.2 Å². The molecule has 6 nitrogen and oxygen atoms in total. The molecule has 1 aromatic carbocycles. The first-order valence-electron chi connectivity index (χ1n) is 7.39. The summed E-state index contributed by atoms with van der Waals surface area (Å²) in [6.45, 7) is 3.64. The molecular formula is C17H15NO5. The van der Waals surface area contributed by atoms with Gasteiger partial charge in [0.15, 0.2) is 0 Å². The molecule has 0 aliphatic carbocycles. The van der Waals surface area contributed by atoms with Gasteiger partial charge in [0, 0.05) is 0 Å². The van der Waals surface area contributed by atoms with Gasteiger partial charge in [-0.1, -0.05) is 12.2 Å². The van der Waals surface area contributed by atoms with E-state index in [2.05, 4.69) is 0 Å². The average molecular weight is 313 g/mol. The van der Waals surface area contributed by atoms with Crippen LogP contribution in [0.5, 0.6) is 0 Å². The Hall–Kier alpha value is -2.47. The van der Waals surface area contributed by atoms with Crippen LogP contribution in [0, 0.1) is 11.8 Å². The average Bonchev–Trinajstić information content (AvgIpc) is 3.04. The van der Waals surface area contributed by atoms with E-state index in [-0.39, 0.29) is 17.4 Å². The molecule has 3 heterocycles. The SMILES string of the molecule is CC12C=CC(C)(O1)C1C(=O)N(c3ccc(C(=O)O)cc3)C(=O)C12. The third-order valence-electron chi connectivity index (χ3n) is 5.10. The molecule has 3 aliphatic rings. The Morgan fingerprint density at radius 2 is 1.52 bits per heavy atom. The Morgan fingerprint density at radius 1 is 1.04 bits per heavy atom. The highest BCUT2D eigenvalue weighted by Gasteiger charge is 2.70. The van der Waals surface area contributed by atoms with Crippen molar-refractivity contribution in [3.8, 4) is 0 Å². The number of carboxylic acid groups (broad SMARTS) is 1. The molecule has 118 valence electrons. The maximum absolute atomic E-state index is 12.8. The molecule has 0 saturated carbocycles. The zero-order valence-electron chi connectivity index (χ0n) is 12.6. The molecule has 1 aromatic rings. The predicted octanol–water partition coefficient (Wildman–Crippen LogP) is 1.61. The van der Waals surface area contributed by atoms with E-state index in [0.717, 1.165) is 4.90 Å². The van der Waals surface area contributed by atoms with Gasteiger partial charge in [-0.25, -0.2) is 9.69 Å². The molecule has 1 N–H and O–H groups in total. The van der Waals surface area contributed by atoms with Crippen LogP contribution in [0.25, 0.3) is 0 Å². The van der Waals surface area contributed by atoms with Gasteiger partial charge in [-0.2, -0.15) is 0 Å². The third kappa shape index (κ3) is 1.64. The van der Waals surface area contributed by atoms with Crippen molar-refractivity contribution in [3.05, 3.63) is 42.0 Å². The van der Waals surface area contributed by atoms with Crippen LogP contribution in [0.3, 0.4) is 0 Å². The molecule has 0 aromatic heterocycles. The first-order chi connectivity index (χ1) is 10.8. The van der Waals surface area contributed by atoms with Crippen molar-refractivity contribution in [1.82, 2.24) is 0 Å². The monoisotopic (exact) mass is 313 g/mol. The first-order valence-corrected chi connectivity index (χ1v) is 7.39. The van der Waals surface area contributed by atoms with Crippen molar-refractivity contribution in [2.75, 3.05) is 4.90 Å². The van der Waals surface area contributed by atoms with Crippen LogP contribution in [-0.4, -0.2) is 34.1 Å². The number of fused-ring (bicyclic) bond motifs is 5. The van der Waals surface area contributed by atoms with Crippen molar-refractivity contribution in [2.45, 2.75) is 25.0 Å². The number of carbonyl (C=O) groups is 3. The molecule has 23 heavy (non-hydrogen) atoms. The van der Waals surface area contributed by atoms with Crippen LogP contribution in [0.1, 0.15) is 24.2 Å². The third-order valence-corrected chi connectivity index (χ3v) is 5.10. The van der Waals surface area contributed by atoms with Crippen LogP contribution in [0.4, 0.5) is 5.69 Å². The molecule has 3 aliphatic heterocycles. The van der Waals surface area contributed by atoms with E-state index in [4.69, 9.17) is 9.84 Å². The van der Waals surface area contributed by atoms with Crippen LogP contribution in [-0.2, 0) is 14.3 Å². The van der Waals surface area contributed by atoms with Crippen LogP contribution < -0.4 is 4.90 Å². The van der Waals surface area contributed by atoms with Gasteiger partial charge in [-0.05, 0) is 38.1 Å². The van der Waals surface area contributed by atoms with E-state index in [1.54, 1.807) is 0 Å². The summed E-state index contributed by atoms with van der Waals surface area (Å²) in [4.78, 5) is 37.7. The van der Waals surface area contributed by atoms with Crippen LogP contribution >= 0.6 is 0 Å². The lowest BCUT2D eigenvalue weighted by molar-refractivity contribution is -0.128. The van der Waals surface area contributed by atoms with E-state index < -0.39 is 29.0 Å². The number of carboxylic acids is 1. The number of carbonyl (C=O) groups excluding carboxylic acids is 2. The first kappa shape index (κ1) is 14.1. The maximum Gasteiger partial charge on any atom is 0.335 e. The summed E-state index contributed by atoms with van der Waals surface area (Å²) >= 11 is 0. The van der Waals surface area contributed by atoms with E-state index in [0.29, 0.717) is 5.69 Å². The summed E-state index contributed by atoms with van der Waals surface area (Å²) in [5.74, 6) is -2.71. The minimum atomic E-state index is -1.05. The number of hydrogen-bond donors (Lipinski definition) is 1. The largest absolute Gasteiger partial charge is 0.478 e. The van der Waals surface area contributed by atoms with E-state index in [1.807, 2.05) is 26.0 Å². The Labute approximate surface area is 132 Å². The van der Waals surface area contributed by atoms with Crippen molar-refractivity contribution in [2.24, 2.45) is 11.8 Å². The highest BCUT2D eigenvalue weighted by Crippen LogP contribution is 2.57. The number of benzene rings is 1. The van der Waals surface area contributed by atoms with Crippen molar-refractivity contribution in [3.63, 3.8) is 0 Å². The highest BCUT2D eigenvalue weighted by atomic mass is 16.5. The quantitative estimate of drug-likeness (QED) is 0.662. The zero-order valence-corrected chi connectivity index (χ0v) is 12.6. The minimum Gasteiger partial charge on any atom is -0.478 e. The molecule has 4 unspecified atom stereocenters. The fourth-order valence-electron chi connectivity index (χ4n) is 4.04.